The molecule has 0 heterocycles. The van der Waals surface area contributed by atoms with Crippen LogP contribution in [-0.2, 0) is 0 Å². The van der Waals surface area contributed by atoms with E-state index in [-0.39, 0.29) is 11.5 Å². The predicted octanol–water partition coefficient (Wildman–Crippen LogP) is 2.62. The Morgan fingerprint density at radius 2 is 1.45 bits per heavy atom. The topological polar surface area (TPSA) is 40.5 Å². The first kappa shape index (κ1) is 9.37. The lowest BCUT2D eigenvalue weighted by Gasteiger charge is -2.05. The van der Waals surface area contributed by atoms with Gasteiger partial charge in [0.1, 0.15) is 11.5 Å². The van der Waals surface area contributed by atoms with Crippen molar-refractivity contribution in [3.8, 4) is 11.5 Å². The lowest BCUT2D eigenvalue weighted by atomic mass is 10.2. The van der Waals surface area contributed by atoms with E-state index in [0.717, 1.165) is 12.7 Å². The number of rotatable bonds is 0. The van der Waals surface area contributed by atoms with Crippen LogP contribution >= 0.6 is 45.2 Å². The fourth-order valence-corrected chi connectivity index (χ4v) is 2.10. The quantitative estimate of drug-likeness (QED) is 0.684. The van der Waals surface area contributed by atoms with Gasteiger partial charge in [0, 0.05) is 6.07 Å². The van der Waals surface area contributed by atoms with E-state index < -0.39 is 0 Å². The number of benzene rings is 1. The summed E-state index contributed by atoms with van der Waals surface area (Å²) in [6, 6.07) is 1.36. The molecule has 0 saturated heterocycles. The second-order valence-electron chi connectivity index (χ2n) is 2.17. The Balaban J connectivity index is 3.46. The Labute approximate surface area is 91.9 Å². The molecular formula is C7H6I2O2. The number of hydrogen-bond acceptors (Lipinski definition) is 2. The van der Waals surface area contributed by atoms with Gasteiger partial charge in [-0.05, 0) is 57.7 Å². The van der Waals surface area contributed by atoms with Gasteiger partial charge in [-0.1, -0.05) is 0 Å². The molecule has 0 aromatic heterocycles. The van der Waals surface area contributed by atoms with E-state index in [4.69, 9.17) is 0 Å². The maximum absolute atomic E-state index is 9.23. The maximum atomic E-state index is 9.23. The molecule has 2 nitrogen and oxygen atoms in total. The van der Waals surface area contributed by atoms with Gasteiger partial charge in [0.05, 0.1) is 7.14 Å². The Morgan fingerprint density at radius 3 is 1.82 bits per heavy atom. The molecule has 0 saturated carbocycles. The van der Waals surface area contributed by atoms with Gasteiger partial charge in [0.25, 0.3) is 0 Å². The Morgan fingerprint density at radius 1 is 1.09 bits per heavy atom. The zero-order valence-corrected chi connectivity index (χ0v) is 10.0. The fourth-order valence-electron chi connectivity index (χ4n) is 0.737. The SMILES string of the molecule is Cc1c(I)c(O)cc(O)c1I. The van der Waals surface area contributed by atoms with Crippen LogP contribution in [0.1, 0.15) is 5.56 Å². The second kappa shape index (κ2) is 3.34. The molecule has 0 unspecified atom stereocenters. The van der Waals surface area contributed by atoms with Crippen molar-refractivity contribution < 1.29 is 10.2 Å². The predicted molar refractivity (Wildman–Crippen MR) is 59.9 cm³/mol. The van der Waals surface area contributed by atoms with E-state index in [9.17, 15) is 10.2 Å². The van der Waals surface area contributed by atoms with Crippen LogP contribution in [-0.4, -0.2) is 10.2 Å². The van der Waals surface area contributed by atoms with Crippen molar-refractivity contribution in [1.82, 2.24) is 0 Å². The minimum atomic E-state index is 0.140. The molecule has 11 heavy (non-hydrogen) atoms. The Bertz CT molecular complexity index is 271. The van der Waals surface area contributed by atoms with Gasteiger partial charge >= 0.3 is 0 Å². The summed E-state index contributed by atoms with van der Waals surface area (Å²) in [5.41, 5.74) is 0.920. The summed E-state index contributed by atoms with van der Waals surface area (Å²) in [5, 5.41) is 18.5. The Hall–Kier alpha value is 0.280. The van der Waals surface area contributed by atoms with Crippen molar-refractivity contribution in [2.45, 2.75) is 6.92 Å². The first-order valence-corrected chi connectivity index (χ1v) is 5.06. The highest BCUT2D eigenvalue weighted by Gasteiger charge is 2.09. The molecular weight excluding hydrogens is 370 g/mol. The normalized spacial score (nSPS) is 10.1. The number of phenolic OH excluding ortho intramolecular Hbond substituents is 2. The minimum Gasteiger partial charge on any atom is -0.507 e. The van der Waals surface area contributed by atoms with E-state index in [2.05, 4.69) is 0 Å². The molecule has 0 radical (unpaired) electrons. The number of halogens is 2. The van der Waals surface area contributed by atoms with Crippen molar-refractivity contribution in [2.24, 2.45) is 0 Å². The molecule has 0 bridgehead atoms. The minimum absolute atomic E-state index is 0.140. The maximum Gasteiger partial charge on any atom is 0.132 e. The average molecular weight is 376 g/mol. The lowest BCUT2D eigenvalue weighted by molar-refractivity contribution is 0.444. The molecule has 0 aliphatic carbocycles. The third-order valence-corrected chi connectivity index (χ3v) is 4.11. The van der Waals surface area contributed by atoms with E-state index >= 15 is 0 Å². The van der Waals surface area contributed by atoms with Gasteiger partial charge in [-0.2, -0.15) is 0 Å². The number of phenols is 2. The molecule has 0 fully saturated rings. The van der Waals surface area contributed by atoms with Gasteiger partial charge in [-0.3, -0.25) is 0 Å². The summed E-state index contributed by atoms with van der Waals surface area (Å²) in [4.78, 5) is 0. The van der Waals surface area contributed by atoms with E-state index in [1.807, 2.05) is 52.1 Å². The smallest absolute Gasteiger partial charge is 0.132 e. The zero-order chi connectivity index (χ0) is 8.59. The standard InChI is InChI=1S/C7H6I2O2/c1-3-6(8)4(10)2-5(11)7(3)9/h2,10-11H,1H3. The van der Waals surface area contributed by atoms with Crippen LogP contribution in [0.25, 0.3) is 0 Å². The molecule has 2 N–H and O–H groups in total. The van der Waals surface area contributed by atoms with Gasteiger partial charge < -0.3 is 10.2 Å². The van der Waals surface area contributed by atoms with Crippen LogP contribution in [0.5, 0.6) is 11.5 Å². The summed E-state index contributed by atoms with van der Waals surface area (Å²) in [5.74, 6) is 0.280. The second-order valence-corrected chi connectivity index (χ2v) is 4.33. The van der Waals surface area contributed by atoms with Gasteiger partial charge in [0.2, 0.25) is 0 Å². The molecule has 4 heteroatoms. The van der Waals surface area contributed by atoms with Gasteiger partial charge in [-0.25, -0.2) is 0 Å². The molecule has 0 amide bonds. The highest BCUT2D eigenvalue weighted by atomic mass is 127. The van der Waals surface area contributed by atoms with Crippen LogP contribution in [0, 0.1) is 14.1 Å². The van der Waals surface area contributed by atoms with E-state index in [1.54, 1.807) is 0 Å². The molecule has 60 valence electrons. The highest BCUT2D eigenvalue weighted by molar-refractivity contribution is 14.1. The number of hydrogen-bond donors (Lipinski definition) is 2. The molecule has 0 atom stereocenters. The molecule has 0 spiro atoms. The largest absolute Gasteiger partial charge is 0.507 e. The van der Waals surface area contributed by atoms with Gasteiger partial charge in [-0.15, -0.1) is 0 Å². The summed E-state index contributed by atoms with van der Waals surface area (Å²) >= 11 is 4.09. The van der Waals surface area contributed by atoms with Crippen molar-refractivity contribution in [3.63, 3.8) is 0 Å². The van der Waals surface area contributed by atoms with Crippen molar-refractivity contribution >= 4 is 45.2 Å². The van der Waals surface area contributed by atoms with Crippen LogP contribution in [0.15, 0.2) is 6.07 Å². The average Bonchev–Trinajstić information content (AvgIpc) is 1.97. The molecule has 0 aliphatic heterocycles. The molecule has 0 aliphatic rings. The van der Waals surface area contributed by atoms with Gasteiger partial charge in [0.15, 0.2) is 0 Å². The molecule has 1 rings (SSSR count). The third-order valence-electron chi connectivity index (χ3n) is 1.38. The van der Waals surface area contributed by atoms with Crippen LogP contribution in [0.2, 0.25) is 0 Å². The summed E-state index contributed by atoms with van der Waals surface area (Å²) in [6.07, 6.45) is 0. The van der Waals surface area contributed by atoms with Crippen LogP contribution in [0.4, 0.5) is 0 Å². The highest BCUT2D eigenvalue weighted by Crippen LogP contribution is 2.33. The number of aromatic hydroxyl groups is 2. The zero-order valence-electron chi connectivity index (χ0n) is 5.73. The van der Waals surface area contributed by atoms with E-state index in [0.29, 0.717) is 0 Å². The first-order chi connectivity index (χ1) is 5.04. The lowest BCUT2D eigenvalue weighted by Crippen LogP contribution is -1.86. The Kier molecular flexibility index (Phi) is 2.84. The van der Waals surface area contributed by atoms with Crippen molar-refractivity contribution in [2.75, 3.05) is 0 Å². The fraction of sp³-hybridized carbons (Fsp3) is 0.143. The summed E-state index contributed by atoms with van der Waals surface area (Å²) < 4.78 is 1.59. The summed E-state index contributed by atoms with van der Waals surface area (Å²) in [7, 11) is 0. The first-order valence-electron chi connectivity index (χ1n) is 2.90. The van der Waals surface area contributed by atoms with Crippen LogP contribution < -0.4 is 0 Å². The van der Waals surface area contributed by atoms with Crippen molar-refractivity contribution in [3.05, 3.63) is 18.8 Å². The molecule has 1 aromatic carbocycles. The molecule has 1 aromatic rings. The third kappa shape index (κ3) is 1.71. The van der Waals surface area contributed by atoms with Crippen LogP contribution in [0.3, 0.4) is 0 Å². The van der Waals surface area contributed by atoms with E-state index in [1.165, 1.54) is 6.07 Å². The van der Waals surface area contributed by atoms with Crippen molar-refractivity contribution in [1.29, 1.82) is 0 Å². The summed E-state index contributed by atoms with van der Waals surface area (Å²) in [6.45, 7) is 1.86. The monoisotopic (exact) mass is 376 g/mol.